The van der Waals surface area contributed by atoms with E-state index in [0.29, 0.717) is 0 Å². The molecule has 0 unspecified atom stereocenters. The molecule has 3 heteroatoms. The van der Waals surface area contributed by atoms with Crippen molar-refractivity contribution in [1.82, 2.24) is 5.32 Å². The molecule has 0 aliphatic carbocycles. The maximum absolute atomic E-state index is 11.3. The molecule has 0 spiro atoms. The molecule has 0 saturated heterocycles. The van der Waals surface area contributed by atoms with Gasteiger partial charge in [0.2, 0.25) is 0 Å². The van der Waals surface area contributed by atoms with Gasteiger partial charge in [-0.3, -0.25) is 0 Å². The van der Waals surface area contributed by atoms with Gasteiger partial charge in [-0.15, -0.1) is 0 Å². The van der Waals surface area contributed by atoms with Crippen LogP contribution in [0.2, 0.25) is 14.8 Å². The third kappa shape index (κ3) is 4.24. The minimum absolute atomic E-state index is 0.0131. The van der Waals surface area contributed by atoms with Crippen molar-refractivity contribution >= 4 is 24.3 Å². The number of benzene rings is 1. The summed E-state index contributed by atoms with van der Waals surface area (Å²) in [5.41, 5.74) is 2.11. The van der Waals surface area contributed by atoms with E-state index in [2.05, 4.69) is 32.3 Å². The van der Waals surface area contributed by atoms with Crippen LogP contribution < -0.4 is 5.32 Å². The SMILES string of the molecule is CNC(=O)c1ccc([CH2][Sn]([CH3])([CH3])[CH3])cc1. The molecular weight excluding hydrogens is 293 g/mol. The number of nitrogens with one attached hydrogen (secondary N) is 1. The van der Waals surface area contributed by atoms with Gasteiger partial charge in [0.15, 0.2) is 0 Å². The normalized spacial score (nSPS) is 11.2. The Bertz CT molecular complexity index is 338. The van der Waals surface area contributed by atoms with Crippen molar-refractivity contribution < 1.29 is 4.79 Å². The Balaban J connectivity index is 2.77. The predicted molar refractivity (Wildman–Crippen MR) is 66.9 cm³/mol. The van der Waals surface area contributed by atoms with E-state index in [1.165, 1.54) is 10.0 Å². The summed E-state index contributed by atoms with van der Waals surface area (Å²) in [5.74, 6) is -0.0131. The third-order valence-corrected chi connectivity index (χ3v) is 6.37. The molecule has 0 fully saturated rings. The van der Waals surface area contributed by atoms with Gasteiger partial charge in [0.25, 0.3) is 0 Å². The molecule has 82 valence electrons. The summed E-state index contributed by atoms with van der Waals surface area (Å²) >= 11 is -1.74. The fourth-order valence-electron chi connectivity index (χ4n) is 1.53. The quantitative estimate of drug-likeness (QED) is 0.854. The molecule has 0 heterocycles. The fraction of sp³-hybridized carbons (Fsp3) is 0.417. The third-order valence-electron chi connectivity index (χ3n) is 2.18. The predicted octanol–water partition coefficient (Wildman–Crippen LogP) is 2.47. The van der Waals surface area contributed by atoms with Gasteiger partial charge >= 0.3 is 96.1 Å². The molecule has 1 aromatic rings. The average Bonchev–Trinajstić information content (AvgIpc) is 2.15. The van der Waals surface area contributed by atoms with Crippen LogP contribution in [0.5, 0.6) is 0 Å². The van der Waals surface area contributed by atoms with Crippen LogP contribution in [-0.4, -0.2) is 31.3 Å². The monoisotopic (exact) mass is 313 g/mol. The maximum atomic E-state index is 11.3. The number of carbonyl (C=O) groups excluding carboxylic acids is 1. The van der Waals surface area contributed by atoms with E-state index in [-0.39, 0.29) is 5.91 Å². The van der Waals surface area contributed by atoms with E-state index in [1.807, 2.05) is 12.1 Å². The molecule has 0 saturated carbocycles. The Labute approximate surface area is 95.9 Å². The van der Waals surface area contributed by atoms with E-state index in [9.17, 15) is 4.79 Å². The first kappa shape index (κ1) is 12.6. The topological polar surface area (TPSA) is 29.1 Å². The van der Waals surface area contributed by atoms with Gasteiger partial charge < -0.3 is 0 Å². The number of hydrogen-bond donors (Lipinski definition) is 1. The summed E-state index contributed by atoms with van der Waals surface area (Å²) in [5, 5.41) is 2.62. The molecule has 0 aliphatic rings. The first-order valence-electron chi connectivity index (χ1n) is 5.23. The van der Waals surface area contributed by atoms with Crippen LogP contribution in [0.25, 0.3) is 0 Å². The van der Waals surface area contributed by atoms with Crippen LogP contribution >= 0.6 is 0 Å². The van der Waals surface area contributed by atoms with Crippen LogP contribution in [0.4, 0.5) is 0 Å². The van der Waals surface area contributed by atoms with Crippen molar-refractivity contribution in [2.45, 2.75) is 19.3 Å². The molecule has 1 aromatic carbocycles. The molecule has 0 atom stereocenters. The average molecular weight is 312 g/mol. The van der Waals surface area contributed by atoms with Crippen LogP contribution in [0.1, 0.15) is 15.9 Å². The fourth-order valence-corrected chi connectivity index (χ4v) is 5.70. The molecule has 0 aliphatic heterocycles. The molecule has 1 amide bonds. The first-order chi connectivity index (χ1) is 6.92. The zero-order valence-corrected chi connectivity index (χ0v) is 12.8. The molecule has 0 aromatic heterocycles. The van der Waals surface area contributed by atoms with Crippen molar-refractivity contribution in [3.8, 4) is 0 Å². The van der Waals surface area contributed by atoms with Gasteiger partial charge in [-0.25, -0.2) is 0 Å². The first-order valence-corrected chi connectivity index (χ1v) is 15.8. The van der Waals surface area contributed by atoms with Crippen LogP contribution in [0.3, 0.4) is 0 Å². The Morgan fingerprint density at radius 2 is 1.73 bits per heavy atom. The molecule has 0 bridgehead atoms. The number of carbonyl (C=O) groups is 1. The zero-order chi connectivity index (χ0) is 11.5. The van der Waals surface area contributed by atoms with Crippen LogP contribution in [0.15, 0.2) is 24.3 Å². The minimum atomic E-state index is -1.74. The molecule has 15 heavy (non-hydrogen) atoms. The summed E-state index contributed by atoms with van der Waals surface area (Å²) in [4.78, 5) is 18.6. The summed E-state index contributed by atoms with van der Waals surface area (Å²) in [6.07, 6.45) is 0. The molecule has 0 radical (unpaired) electrons. The van der Waals surface area contributed by atoms with Gasteiger partial charge in [0.1, 0.15) is 0 Å². The second kappa shape index (κ2) is 5.01. The summed E-state index contributed by atoms with van der Waals surface area (Å²) < 4.78 is 1.24. The summed E-state index contributed by atoms with van der Waals surface area (Å²) in [6, 6.07) is 7.97. The van der Waals surface area contributed by atoms with E-state index >= 15 is 0 Å². The molecule has 1 N–H and O–H groups in total. The Hall–Kier alpha value is -0.511. The molecule has 1 rings (SSSR count). The van der Waals surface area contributed by atoms with E-state index < -0.39 is 18.4 Å². The van der Waals surface area contributed by atoms with Crippen molar-refractivity contribution in [2.75, 3.05) is 7.05 Å². The molecular formula is C12H19NOSn. The Morgan fingerprint density at radius 1 is 1.20 bits per heavy atom. The van der Waals surface area contributed by atoms with Gasteiger partial charge in [0, 0.05) is 0 Å². The second-order valence-electron chi connectivity index (χ2n) is 5.01. The van der Waals surface area contributed by atoms with Gasteiger partial charge in [-0.1, -0.05) is 0 Å². The van der Waals surface area contributed by atoms with Crippen molar-refractivity contribution in [3.05, 3.63) is 35.4 Å². The number of rotatable bonds is 3. The number of hydrogen-bond acceptors (Lipinski definition) is 1. The van der Waals surface area contributed by atoms with Crippen molar-refractivity contribution in [3.63, 3.8) is 0 Å². The zero-order valence-electron chi connectivity index (χ0n) is 9.92. The van der Waals surface area contributed by atoms with Crippen LogP contribution in [-0.2, 0) is 4.44 Å². The Morgan fingerprint density at radius 3 is 2.13 bits per heavy atom. The van der Waals surface area contributed by atoms with E-state index in [0.717, 1.165) is 5.56 Å². The summed E-state index contributed by atoms with van der Waals surface area (Å²) in [6.45, 7) is 0. The van der Waals surface area contributed by atoms with E-state index in [4.69, 9.17) is 0 Å². The van der Waals surface area contributed by atoms with Crippen molar-refractivity contribution in [1.29, 1.82) is 0 Å². The van der Waals surface area contributed by atoms with Crippen LogP contribution in [0, 0.1) is 0 Å². The standard InChI is InChI=1S/C9H10NO.3CH3.Sn/c1-7-3-5-8(6-4-7)9(11)10-2;;;;/h3-6H,1H2,2H3,(H,10,11);3*1H3;. The van der Waals surface area contributed by atoms with E-state index in [1.54, 1.807) is 7.05 Å². The van der Waals surface area contributed by atoms with Gasteiger partial charge in [-0.2, -0.15) is 0 Å². The van der Waals surface area contributed by atoms with Gasteiger partial charge in [-0.05, 0) is 0 Å². The van der Waals surface area contributed by atoms with Crippen molar-refractivity contribution in [2.24, 2.45) is 0 Å². The Kier molecular flexibility index (Phi) is 4.20. The molecule has 2 nitrogen and oxygen atoms in total. The summed E-state index contributed by atoms with van der Waals surface area (Å²) in [7, 11) is 1.65. The van der Waals surface area contributed by atoms with Gasteiger partial charge in [0.05, 0.1) is 0 Å². The second-order valence-corrected chi connectivity index (χ2v) is 20.6. The number of amides is 1.